The Labute approximate surface area is 164 Å². The van der Waals surface area contributed by atoms with E-state index in [-0.39, 0.29) is 11.6 Å². The molecule has 150 valence electrons. The summed E-state index contributed by atoms with van der Waals surface area (Å²) in [6, 6.07) is 7.16. The van der Waals surface area contributed by atoms with Crippen LogP contribution in [0.4, 0.5) is 5.82 Å². The quantitative estimate of drug-likeness (QED) is 0.782. The summed E-state index contributed by atoms with van der Waals surface area (Å²) in [4.78, 5) is 14.6. The third-order valence-corrected chi connectivity index (χ3v) is 4.74. The van der Waals surface area contributed by atoms with Gasteiger partial charge < -0.3 is 24.4 Å². The normalized spacial score (nSPS) is 13.8. The highest BCUT2D eigenvalue weighted by atomic mass is 16.5. The maximum absolute atomic E-state index is 12.4. The predicted octanol–water partition coefficient (Wildman–Crippen LogP) is 2.42. The number of nitrogens with zero attached hydrogens (tertiary/aromatic N) is 3. The second-order valence-corrected chi connectivity index (χ2v) is 6.54. The Balaban J connectivity index is 1.65. The van der Waals surface area contributed by atoms with Gasteiger partial charge in [-0.15, -0.1) is 10.2 Å². The highest BCUT2D eigenvalue weighted by molar-refractivity contribution is 5.92. The topological polar surface area (TPSA) is 85.8 Å². The number of ether oxygens (including phenoxy) is 3. The molecule has 2 heterocycles. The minimum atomic E-state index is -0.286. The Morgan fingerprint density at radius 3 is 2.21 bits per heavy atom. The van der Waals surface area contributed by atoms with Crippen LogP contribution in [0, 0.1) is 0 Å². The number of rotatable bonds is 7. The monoisotopic (exact) mass is 386 g/mol. The smallest absolute Gasteiger partial charge is 0.272 e. The van der Waals surface area contributed by atoms with Crippen LogP contribution in [0.15, 0.2) is 24.3 Å². The summed E-state index contributed by atoms with van der Waals surface area (Å²) in [7, 11) is 4.66. The molecule has 1 aliphatic rings. The Bertz CT molecular complexity index is 779. The first-order chi connectivity index (χ1) is 13.7. The van der Waals surface area contributed by atoms with Crippen LogP contribution in [-0.4, -0.2) is 50.5 Å². The summed E-state index contributed by atoms with van der Waals surface area (Å²) in [5.74, 6) is 2.13. The van der Waals surface area contributed by atoms with Gasteiger partial charge in [0.25, 0.3) is 5.91 Å². The molecule has 0 radical (unpaired) electrons. The first kappa shape index (κ1) is 19.7. The van der Waals surface area contributed by atoms with Crippen LogP contribution >= 0.6 is 0 Å². The van der Waals surface area contributed by atoms with E-state index in [1.165, 1.54) is 19.3 Å². The van der Waals surface area contributed by atoms with Crippen molar-refractivity contribution < 1.29 is 19.0 Å². The molecule has 1 aromatic carbocycles. The van der Waals surface area contributed by atoms with Gasteiger partial charge in [0.15, 0.2) is 23.0 Å². The average Bonchev–Trinajstić information content (AvgIpc) is 2.77. The van der Waals surface area contributed by atoms with Crippen molar-refractivity contribution in [3.63, 3.8) is 0 Å². The van der Waals surface area contributed by atoms with Crippen LogP contribution in [0.1, 0.15) is 35.3 Å². The molecular formula is C20H26N4O4. The van der Waals surface area contributed by atoms with Crippen molar-refractivity contribution in [1.82, 2.24) is 15.5 Å². The number of nitrogens with one attached hydrogen (secondary N) is 1. The number of aromatic nitrogens is 2. The number of carbonyl (C=O) groups is 1. The lowest BCUT2D eigenvalue weighted by Gasteiger charge is -2.27. The molecule has 1 aliphatic heterocycles. The van der Waals surface area contributed by atoms with Gasteiger partial charge in [0.2, 0.25) is 5.75 Å². The molecular weight excluding hydrogens is 360 g/mol. The van der Waals surface area contributed by atoms with Crippen molar-refractivity contribution in [2.24, 2.45) is 0 Å². The van der Waals surface area contributed by atoms with Crippen LogP contribution in [0.2, 0.25) is 0 Å². The molecule has 1 amide bonds. The maximum Gasteiger partial charge on any atom is 0.272 e. The fourth-order valence-corrected chi connectivity index (χ4v) is 3.25. The first-order valence-electron chi connectivity index (χ1n) is 9.32. The van der Waals surface area contributed by atoms with Crippen LogP contribution < -0.4 is 24.4 Å². The summed E-state index contributed by atoms with van der Waals surface area (Å²) in [5.41, 5.74) is 1.11. The molecule has 28 heavy (non-hydrogen) atoms. The predicted molar refractivity (Wildman–Crippen MR) is 105 cm³/mol. The van der Waals surface area contributed by atoms with E-state index in [9.17, 15) is 4.79 Å². The molecule has 3 rings (SSSR count). The highest BCUT2D eigenvalue weighted by Gasteiger charge is 2.16. The lowest BCUT2D eigenvalue weighted by molar-refractivity contribution is 0.0945. The van der Waals surface area contributed by atoms with Crippen LogP contribution in [0.5, 0.6) is 17.2 Å². The van der Waals surface area contributed by atoms with Gasteiger partial charge >= 0.3 is 0 Å². The van der Waals surface area contributed by atoms with Crippen LogP contribution in [-0.2, 0) is 6.54 Å². The van der Waals surface area contributed by atoms with Gasteiger partial charge in [-0.05, 0) is 49.1 Å². The fraction of sp³-hybridized carbons (Fsp3) is 0.450. The second-order valence-electron chi connectivity index (χ2n) is 6.54. The zero-order valence-electron chi connectivity index (χ0n) is 16.5. The SMILES string of the molecule is COc1cc(CNC(=O)c2ccc(N3CCCCC3)nn2)cc(OC)c1OC. The van der Waals surface area contributed by atoms with E-state index in [4.69, 9.17) is 14.2 Å². The maximum atomic E-state index is 12.4. The molecule has 1 aromatic heterocycles. The minimum absolute atomic E-state index is 0.285. The van der Waals surface area contributed by atoms with Gasteiger partial charge in [-0.3, -0.25) is 4.79 Å². The Kier molecular flexibility index (Phi) is 6.52. The van der Waals surface area contributed by atoms with Crippen molar-refractivity contribution in [3.8, 4) is 17.2 Å². The lowest BCUT2D eigenvalue weighted by atomic mass is 10.1. The number of amides is 1. The van der Waals surface area contributed by atoms with E-state index in [1.807, 2.05) is 6.07 Å². The van der Waals surface area contributed by atoms with E-state index in [0.29, 0.717) is 23.8 Å². The van der Waals surface area contributed by atoms with E-state index < -0.39 is 0 Å². The second kappa shape index (κ2) is 9.25. The number of benzene rings is 1. The Morgan fingerprint density at radius 1 is 1.00 bits per heavy atom. The molecule has 2 aromatic rings. The molecule has 1 saturated heterocycles. The lowest BCUT2D eigenvalue weighted by Crippen LogP contribution is -2.31. The minimum Gasteiger partial charge on any atom is -0.493 e. The van der Waals surface area contributed by atoms with E-state index in [1.54, 1.807) is 39.5 Å². The van der Waals surface area contributed by atoms with Crippen LogP contribution in [0.25, 0.3) is 0 Å². The number of piperidine rings is 1. The highest BCUT2D eigenvalue weighted by Crippen LogP contribution is 2.38. The van der Waals surface area contributed by atoms with Crippen LogP contribution in [0.3, 0.4) is 0 Å². The van der Waals surface area contributed by atoms with Gasteiger partial charge in [0.05, 0.1) is 21.3 Å². The number of hydrogen-bond donors (Lipinski definition) is 1. The van der Waals surface area contributed by atoms with E-state index in [2.05, 4.69) is 20.4 Å². The standard InChI is InChI=1S/C20H26N4O4/c1-26-16-11-14(12-17(27-2)19(16)28-3)13-21-20(25)15-7-8-18(23-22-15)24-9-5-4-6-10-24/h7-8,11-12H,4-6,9-10,13H2,1-3H3,(H,21,25). The van der Waals surface area contributed by atoms with Gasteiger partial charge in [-0.2, -0.15) is 0 Å². The Hall–Kier alpha value is -3.03. The van der Waals surface area contributed by atoms with Crippen molar-refractivity contribution in [2.45, 2.75) is 25.8 Å². The molecule has 0 spiro atoms. The van der Waals surface area contributed by atoms with Crippen molar-refractivity contribution in [1.29, 1.82) is 0 Å². The van der Waals surface area contributed by atoms with Gasteiger partial charge in [-0.1, -0.05) is 0 Å². The summed E-state index contributed by atoms with van der Waals surface area (Å²) in [6.45, 7) is 2.27. The summed E-state index contributed by atoms with van der Waals surface area (Å²) in [5, 5.41) is 11.1. The van der Waals surface area contributed by atoms with Crippen molar-refractivity contribution in [3.05, 3.63) is 35.5 Å². The molecule has 0 aliphatic carbocycles. The summed E-state index contributed by atoms with van der Waals surface area (Å²) < 4.78 is 16.0. The largest absolute Gasteiger partial charge is 0.493 e. The van der Waals surface area contributed by atoms with Gasteiger partial charge in [0.1, 0.15) is 0 Å². The molecule has 1 fully saturated rings. The van der Waals surface area contributed by atoms with Gasteiger partial charge in [0, 0.05) is 19.6 Å². The average molecular weight is 386 g/mol. The third-order valence-electron chi connectivity index (χ3n) is 4.74. The Morgan fingerprint density at radius 2 is 1.68 bits per heavy atom. The molecule has 0 bridgehead atoms. The van der Waals surface area contributed by atoms with Gasteiger partial charge in [-0.25, -0.2) is 0 Å². The zero-order valence-corrected chi connectivity index (χ0v) is 16.5. The van der Waals surface area contributed by atoms with E-state index >= 15 is 0 Å². The summed E-state index contributed by atoms with van der Waals surface area (Å²) >= 11 is 0. The van der Waals surface area contributed by atoms with Crippen molar-refractivity contribution >= 4 is 11.7 Å². The number of carbonyl (C=O) groups excluding carboxylic acids is 1. The van der Waals surface area contributed by atoms with E-state index in [0.717, 1.165) is 24.5 Å². The molecule has 1 N–H and O–H groups in total. The molecule has 0 saturated carbocycles. The number of hydrogen-bond acceptors (Lipinski definition) is 7. The van der Waals surface area contributed by atoms with Crippen molar-refractivity contribution in [2.75, 3.05) is 39.3 Å². The molecule has 8 nitrogen and oxygen atoms in total. The first-order valence-corrected chi connectivity index (χ1v) is 9.32. The molecule has 0 unspecified atom stereocenters. The number of methoxy groups -OCH3 is 3. The number of anilines is 1. The fourth-order valence-electron chi connectivity index (χ4n) is 3.25. The summed E-state index contributed by atoms with van der Waals surface area (Å²) in [6.07, 6.45) is 3.59. The third kappa shape index (κ3) is 4.44. The zero-order chi connectivity index (χ0) is 19.9. The molecule has 8 heteroatoms. The molecule has 0 atom stereocenters.